The molecule has 3 heteroatoms. The molecule has 0 aliphatic heterocycles. The van der Waals surface area contributed by atoms with Crippen molar-refractivity contribution in [1.29, 1.82) is 0 Å². The van der Waals surface area contributed by atoms with E-state index in [1.807, 2.05) is 19.2 Å². The number of hydrogen-bond donors (Lipinski definition) is 1. The van der Waals surface area contributed by atoms with Crippen molar-refractivity contribution < 1.29 is 4.74 Å². The van der Waals surface area contributed by atoms with Crippen LogP contribution in [-0.2, 0) is 6.42 Å². The molecule has 1 atom stereocenters. The quantitative estimate of drug-likeness (QED) is 0.780. The number of halogens is 1. The smallest absolute Gasteiger partial charge is 0.124 e. The summed E-state index contributed by atoms with van der Waals surface area (Å²) in [5, 5.41) is 3.41. The van der Waals surface area contributed by atoms with Crippen molar-refractivity contribution in [2.45, 2.75) is 25.8 Å². The van der Waals surface area contributed by atoms with Gasteiger partial charge >= 0.3 is 0 Å². The molecule has 2 nitrogen and oxygen atoms in total. The van der Waals surface area contributed by atoms with Crippen LogP contribution in [0.3, 0.4) is 0 Å². The minimum atomic E-state index is 0.233. The van der Waals surface area contributed by atoms with Crippen LogP contribution in [0.4, 0.5) is 0 Å². The number of para-hydroxylation sites is 1. The van der Waals surface area contributed by atoms with Crippen molar-refractivity contribution in [1.82, 2.24) is 5.32 Å². The van der Waals surface area contributed by atoms with Crippen molar-refractivity contribution >= 4 is 15.9 Å². The first-order valence-electron chi connectivity index (χ1n) is 7.38. The molecule has 0 radical (unpaired) electrons. The van der Waals surface area contributed by atoms with Gasteiger partial charge in [-0.2, -0.15) is 0 Å². The molecule has 0 saturated heterocycles. The van der Waals surface area contributed by atoms with Crippen LogP contribution in [0, 0.1) is 0 Å². The average molecular weight is 348 g/mol. The molecule has 1 unspecified atom stereocenters. The van der Waals surface area contributed by atoms with Gasteiger partial charge in [0.1, 0.15) is 5.75 Å². The largest absolute Gasteiger partial charge is 0.493 e. The van der Waals surface area contributed by atoms with E-state index in [4.69, 9.17) is 4.74 Å². The second-order valence-electron chi connectivity index (χ2n) is 5.02. The molecule has 21 heavy (non-hydrogen) atoms. The van der Waals surface area contributed by atoms with Gasteiger partial charge in [-0.1, -0.05) is 59.3 Å². The standard InChI is InChI=1S/C18H22BrNO/c1-3-12-21-18-11-7-5-9-15(18)17(20-2)13-14-8-4-6-10-16(14)19/h4-11,17,20H,3,12-13H2,1-2H3. The van der Waals surface area contributed by atoms with Crippen LogP contribution in [0.25, 0.3) is 0 Å². The molecule has 0 aromatic heterocycles. The Labute approximate surface area is 135 Å². The zero-order valence-corrected chi connectivity index (χ0v) is 14.2. The van der Waals surface area contributed by atoms with Gasteiger partial charge in [0, 0.05) is 16.1 Å². The summed E-state index contributed by atoms with van der Waals surface area (Å²) in [6.45, 7) is 2.88. The predicted molar refractivity (Wildman–Crippen MR) is 91.9 cm³/mol. The molecular formula is C18H22BrNO. The van der Waals surface area contributed by atoms with E-state index < -0.39 is 0 Å². The van der Waals surface area contributed by atoms with E-state index in [1.54, 1.807) is 0 Å². The molecule has 0 bridgehead atoms. The highest BCUT2D eigenvalue weighted by Gasteiger charge is 2.16. The lowest BCUT2D eigenvalue weighted by Crippen LogP contribution is -2.20. The molecule has 0 heterocycles. The number of nitrogens with one attached hydrogen (secondary N) is 1. The molecular weight excluding hydrogens is 326 g/mol. The molecule has 1 N–H and O–H groups in total. The van der Waals surface area contributed by atoms with E-state index in [9.17, 15) is 0 Å². The summed E-state index contributed by atoms with van der Waals surface area (Å²) < 4.78 is 7.04. The van der Waals surface area contributed by atoms with Gasteiger partial charge in [-0.15, -0.1) is 0 Å². The third kappa shape index (κ3) is 4.32. The summed E-state index contributed by atoms with van der Waals surface area (Å²) in [5.74, 6) is 0.978. The van der Waals surface area contributed by atoms with Crippen LogP contribution in [0.15, 0.2) is 53.0 Å². The summed E-state index contributed by atoms with van der Waals surface area (Å²) in [4.78, 5) is 0. The summed E-state index contributed by atoms with van der Waals surface area (Å²) in [7, 11) is 2.00. The van der Waals surface area contributed by atoms with E-state index >= 15 is 0 Å². The summed E-state index contributed by atoms with van der Waals surface area (Å²) in [6.07, 6.45) is 1.94. The molecule has 0 amide bonds. The molecule has 2 rings (SSSR count). The highest BCUT2D eigenvalue weighted by atomic mass is 79.9. The molecule has 2 aromatic rings. The lowest BCUT2D eigenvalue weighted by atomic mass is 9.98. The van der Waals surface area contributed by atoms with Crippen molar-refractivity contribution in [3.63, 3.8) is 0 Å². The lowest BCUT2D eigenvalue weighted by molar-refractivity contribution is 0.310. The zero-order valence-electron chi connectivity index (χ0n) is 12.6. The minimum Gasteiger partial charge on any atom is -0.493 e. The molecule has 0 aliphatic rings. The maximum absolute atomic E-state index is 5.89. The van der Waals surface area contributed by atoms with Crippen LogP contribution in [0.2, 0.25) is 0 Å². The number of benzene rings is 2. The second-order valence-corrected chi connectivity index (χ2v) is 5.88. The molecule has 0 saturated carbocycles. The Kier molecular flexibility index (Phi) is 6.27. The first-order valence-corrected chi connectivity index (χ1v) is 8.18. The molecule has 2 aromatic carbocycles. The van der Waals surface area contributed by atoms with Gasteiger partial charge in [0.2, 0.25) is 0 Å². The zero-order chi connectivity index (χ0) is 15.1. The van der Waals surface area contributed by atoms with Gasteiger partial charge in [-0.25, -0.2) is 0 Å². The second kappa shape index (κ2) is 8.20. The van der Waals surface area contributed by atoms with Gasteiger partial charge in [-0.3, -0.25) is 0 Å². The fourth-order valence-corrected chi connectivity index (χ4v) is 2.81. The summed E-state index contributed by atoms with van der Waals surface area (Å²) in [6, 6.07) is 16.9. The Morgan fingerprint density at radius 3 is 2.52 bits per heavy atom. The SMILES string of the molecule is CCCOc1ccccc1C(Cc1ccccc1Br)NC. The normalized spacial score (nSPS) is 12.1. The third-order valence-electron chi connectivity index (χ3n) is 3.49. The van der Waals surface area contributed by atoms with Crippen molar-refractivity contribution in [2.75, 3.05) is 13.7 Å². The Morgan fingerprint density at radius 2 is 1.81 bits per heavy atom. The number of ether oxygens (including phenoxy) is 1. The molecule has 0 spiro atoms. The number of likely N-dealkylation sites (N-methyl/N-ethyl adjacent to an activating group) is 1. The van der Waals surface area contributed by atoms with Crippen LogP contribution in [0.1, 0.15) is 30.5 Å². The van der Waals surface area contributed by atoms with Crippen molar-refractivity contribution in [3.8, 4) is 5.75 Å². The van der Waals surface area contributed by atoms with Gasteiger partial charge in [-0.05, 0) is 37.6 Å². The fraction of sp³-hybridized carbons (Fsp3) is 0.333. The van der Waals surface area contributed by atoms with Crippen LogP contribution in [0.5, 0.6) is 5.75 Å². The average Bonchev–Trinajstić information content (AvgIpc) is 2.52. The first-order chi connectivity index (χ1) is 10.3. The topological polar surface area (TPSA) is 21.3 Å². The van der Waals surface area contributed by atoms with Crippen LogP contribution < -0.4 is 10.1 Å². The molecule has 112 valence electrons. The van der Waals surface area contributed by atoms with Crippen LogP contribution >= 0.6 is 15.9 Å². The maximum Gasteiger partial charge on any atom is 0.124 e. The number of rotatable bonds is 7. The van der Waals surface area contributed by atoms with Crippen molar-refractivity contribution in [3.05, 3.63) is 64.1 Å². The molecule has 0 fully saturated rings. The Hall–Kier alpha value is -1.32. The van der Waals surface area contributed by atoms with Gasteiger partial charge < -0.3 is 10.1 Å². The highest BCUT2D eigenvalue weighted by Crippen LogP contribution is 2.29. The van der Waals surface area contributed by atoms with Gasteiger partial charge in [0.15, 0.2) is 0 Å². The van der Waals surface area contributed by atoms with Crippen LogP contribution in [-0.4, -0.2) is 13.7 Å². The van der Waals surface area contributed by atoms with Crippen molar-refractivity contribution in [2.24, 2.45) is 0 Å². The predicted octanol–water partition coefficient (Wildman–Crippen LogP) is 4.74. The van der Waals surface area contributed by atoms with Gasteiger partial charge in [0.05, 0.1) is 6.61 Å². The maximum atomic E-state index is 5.89. The highest BCUT2D eigenvalue weighted by molar-refractivity contribution is 9.10. The van der Waals surface area contributed by atoms with E-state index in [-0.39, 0.29) is 6.04 Å². The third-order valence-corrected chi connectivity index (χ3v) is 4.26. The summed E-state index contributed by atoms with van der Waals surface area (Å²) in [5.41, 5.74) is 2.51. The van der Waals surface area contributed by atoms with E-state index in [0.717, 1.165) is 29.7 Å². The molecule has 0 aliphatic carbocycles. The van der Waals surface area contributed by atoms with E-state index in [1.165, 1.54) is 11.1 Å². The Balaban J connectivity index is 2.23. The lowest BCUT2D eigenvalue weighted by Gasteiger charge is -2.21. The van der Waals surface area contributed by atoms with Gasteiger partial charge in [0.25, 0.3) is 0 Å². The monoisotopic (exact) mass is 347 g/mol. The Morgan fingerprint density at radius 1 is 1.10 bits per heavy atom. The summed E-state index contributed by atoms with van der Waals surface area (Å²) >= 11 is 3.63. The fourth-order valence-electron chi connectivity index (χ4n) is 2.36. The van der Waals surface area contributed by atoms with E-state index in [0.29, 0.717) is 0 Å². The van der Waals surface area contributed by atoms with E-state index in [2.05, 4.69) is 64.6 Å². The minimum absolute atomic E-state index is 0.233. The Bertz CT molecular complexity index is 571. The number of hydrogen-bond acceptors (Lipinski definition) is 2. The first kappa shape index (κ1) is 16.1.